The lowest BCUT2D eigenvalue weighted by Gasteiger charge is -2.37. The summed E-state index contributed by atoms with van der Waals surface area (Å²) in [6.45, 7) is 5.28. The molecule has 0 aliphatic carbocycles. The Balaban J connectivity index is 1.59. The number of amides is 2. The Kier molecular flexibility index (Phi) is 7.60. The highest BCUT2D eigenvalue weighted by Gasteiger charge is 2.33. The standard InChI is InChI=1S/C29H28F3IN4O2/c1-3-19-15-37(14-16(2)34-19)28(39)22-11-20(13-33)35-25(22)12-23-26-21(8-5-9-24(26)36-27(23)38)17-6-4-7-18(10-17)29(30,31)32/h4-12,16,19,34-35H,3,13-15H2,1-2H3,(H,36,38)/b23-12-/t16-,19+/m0/s1. The number of nitrogens with zero attached hydrogens (tertiary/aromatic N) is 1. The van der Waals surface area contributed by atoms with Crippen LogP contribution in [0.3, 0.4) is 0 Å². The van der Waals surface area contributed by atoms with Crippen LogP contribution in [-0.4, -0.2) is 46.9 Å². The molecule has 2 aromatic carbocycles. The smallest absolute Gasteiger partial charge is 0.358 e. The second-order valence-corrected chi connectivity index (χ2v) is 10.7. The number of anilines is 1. The predicted molar refractivity (Wildman–Crippen MR) is 154 cm³/mol. The van der Waals surface area contributed by atoms with Gasteiger partial charge in [-0.15, -0.1) is 0 Å². The number of rotatable bonds is 5. The first kappa shape index (κ1) is 27.4. The number of alkyl halides is 4. The molecule has 2 amide bonds. The van der Waals surface area contributed by atoms with Gasteiger partial charge in [-0.2, -0.15) is 13.2 Å². The van der Waals surface area contributed by atoms with Crippen LogP contribution in [0.15, 0.2) is 48.5 Å². The van der Waals surface area contributed by atoms with Crippen LogP contribution in [0, 0.1) is 0 Å². The molecule has 2 aliphatic rings. The Hall–Kier alpha value is -3.12. The molecule has 0 unspecified atom stereocenters. The van der Waals surface area contributed by atoms with Gasteiger partial charge in [-0.25, -0.2) is 0 Å². The predicted octanol–water partition coefficient (Wildman–Crippen LogP) is 6.34. The summed E-state index contributed by atoms with van der Waals surface area (Å²) in [5.41, 5.74) is 3.20. The van der Waals surface area contributed by atoms with Crippen molar-refractivity contribution in [3.8, 4) is 11.1 Å². The van der Waals surface area contributed by atoms with Gasteiger partial charge in [0.25, 0.3) is 11.8 Å². The van der Waals surface area contributed by atoms with Crippen molar-refractivity contribution < 1.29 is 22.8 Å². The molecule has 204 valence electrons. The van der Waals surface area contributed by atoms with E-state index in [1.807, 2.05) is 17.9 Å². The molecular weight excluding hydrogens is 620 g/mol. The first-order chi connectivity index (χ1) is 18.6. The number of piperazine rings is 1. The Bertz CT molecular complexity index is 1460. The van der Waals surface area contributed by atoms with E-state index in [0.717, 1.165) is 24.2 Å². The number of benzene rings is 2. The molecule has 3 heterocycles. The summed E-state index contributed by atoms with van der Waals surface area (Å²) >= 11 is 2.21. The average molecular weight is 648 g/mol. The highest BCUT2D eigenvalue weighted by atomic mass is 127. The minimum Gasteiger partial charge on any atom is -0.358 e. The summed E-state index contributed by atoms with van der Waals surface area (Å²) in [6.07, 6.45) is -1.95. The number of nitrogens with one attached hydrogen (secondary N) is 3. The van der Waals surface area contributed by atoms with Crippen LogP contribution in [0.5, 0.6) is 0 Å². The second-order valence-electron chi connectivity index (χ2n) is 9.96. The molecule has 0 spiro atoms. The lowest BCUT2D eigenvalue weighted by molar-refractivity contribution is -0.137. The Morgan fingerprint density at radius 3 is 2.64 bits per heavy atom. The summed E-state index contributed by atoms with van der Waals surface area (Å²) < 4.78 is 41.0. The Labute approximate surface area is 238 Å². The maximum absolute atomic E-state index is 13.7. The van der Waals surface area contributed by atoms with E-state index in [4.69, 9.17) is 0 Å². The SMILES string of the molecule is CC[C@@H]1CN(C(=O)c2cc(CI)[nH]c2/C=C2\C(=O)Nc3cccc(-c4cccc(C(F)(F)F)c4)c32)C[C@H](C)N1. The van der Waals surface area contributed by atoms with E-state index in [1.54, 1.807) is 30.3 Å². The summed E-state index contributed by atoms with van der Waals surface area (Å²) in [4.78, 5) is 32.0. The maximum atomic E-state index is 13.7. The summed E-state index contributed by atoms with van der Waals surface area (Å²) in [5.74, 6) is -0.499. The van der Waals surface area contributed by atoms with E-state index < -0.39 is 11.7 Å². The van der Waals surface area contributed by atoms with Crippen molar-refractivity contribution in [2.24, 2.45) is 0 Å². The molecule has 3 N–H and O–H groups in total. The molecule has 2 aliphatic heterocycles. The maximum Gasteiger partial charge on any atom is 0.416 e. The van der Waals surface area contributed by atoms with Crippen LogP contribution < -0.4 is 10.6 Å². The quantitative estimate of drug-likeness (QED) is 0.172. The molecule has 1 aromatic heterocycles. The van der Waals surface area contributed by atoms with Crippen LogP contribution in [0.1, 0.15) is 53.1 Å². The molecule has 10 heteroatoms. The molecule has 0 bridgehead atoms. The largest absolute Gasteiger partial charge is 0.416 e. The van der Waals surface area contributed by atoms with Gasteiger partial charge in [0.05, 0.1) is 22.4 Å². The summed E-state index contributed by atoms with van der Waals surface area (Å²) in [6, 6.07) is 12.4. The van der Waals surface area contributed by atoms with E-state index in [1.165, 1.54) is 6.07 Å². The van der Waals surface area contributed by atoms with E-state index in [0.29, 0.717) is 51.2 Å². The van der Waals surface area contributed by atoms with E-state index in [9.17, 15) is 22.8 Å². The third-order valence-electron chi connectivity index (χ3n) is 7.13. The number of carbonyl (C=O) groups excluding carboxylic acids is 2. The normalized spacial score (nSPS) is 20.3. The van der Waals surface area contributed by atoms with E-state index in [2.05, 4.69) is 45.1 Å². The van der Waals surface area contributed by atoms with Crippen molar-refractivity contribution in [3.63, 3.8) is 0 Å². The van der Waals surface area contributed by atoms with Gasteiger partial charge in [0, 0.05) is 46.5 Å². The molecule has 1 saturated heterocycles. The number of H-pyrrole nitrogens is 1. The third-order valence-corrected chi connectivity index (χ3v) is 7.95. The number of hydrogen-bond acceptors (Lipinski definition) is 3. The molecule has 5 rings (SSSR count). The van der Waals surface area contributed by atoms with Gasteiger partial charge in [0.15, 0.2) is 0 Å². The van der Waals surface area contributed by atoms with Crippen LogP contribution in [0.2, 0.25) is 0 Å². The third kappa shape index (κ3) is 5.49. The lowest BCUT2D eigenvalue weighted by Crippen LogP contribution is -2.56. The monoisotopic (exact) mass is 648 g/mol. The lowest BCUT2D eigenvalue weighted by atomic mass is 9.93. The zero-order valence-corrected chi connectivity index (χ0v) is 23.6. The molecule has 1 fully saturated rings. The topological polar surface area (TPSA) is 77.2 Å². The van der Waals surface area contributed by atoms with Crippen molar-refractivity contribution in [1.29, 1.82) is 0 Å². The highest BCUT2D eigenvalue weighted by Crippen LogP contribution is 2.42. The van der Waals surface area contributed by atoms with Crippen LogP contribution in [0.25, 0.3) is 22.8 Å². The van der Waals surface area contributed by atoms with Crippen LogP contribution in [0.4, 0.5) is 18.9 Å². The van der Waals surface area contributed by atoms with Gasteiger partial charge < -0.3 is 20.5 Å². The zero-order valence-electron chi connectivity index (χ0n) is 21.5. The number of hydrogen-bond donors (Lipinski definition) is 3. The molecule has 39 heavy (non-hydrogen) atoms. The van der Waals surface area contributed by atoms with E-state index in [-0.39, 0.29) is 29.5 Å². The van der Waals surface area contributed by atoms with Crippen LogP contribution in [-0.2, 0) is 15.4 Å². The van der Waals surface area contributed by atoms with Crippen molar-refractivity contribution in [1.82, 2.24) is 15.2 Å². The fourth-order valence-electron chi connectivity index (χ4n) is 5.29. The van der Waals surface area contributed by atoms with Crippen molar-refractivity contribution in [3.05, 3.63) is 76.6 Å². The van der Waals surface area contributed by atoms with Gasteiger partial charge in [-0.05, 0) is 54.8 Å². The van der Waals surface area contributed by atoms with Gasteiger partial charge in [0.2, 0.25) is 0 Å². The first-order valence-electron chi connectivity index (χ1n) is 12.8. The van der Waals surface area contributed by atoms with Gasteiger partial charge in [0.1, 0.15) is 0 Å². The molecule has 6 nitrogen and oxygen atoms in total. The molecule has 2 atom stereocenters. The molecule has 0 radical (unpaired) electrons. The fourth-order valence-corrected chi connectivity index (χ4v) is 5.70. The molecule has 3 aromatic rings. The van der Waals surface area contributed by atoms with Crippen molar-refractivity contribution in [2.45, 2.75) is 43.0 Å². The average Bonchev–Trinajstić information content (AvgIpc) is 3.47. The van der Waals surface area contributed by atoms with Crippen LogP contribution >= 0.6 is 22.6 Å². The second kappa shape index (κ2) is 10.8. The van der Waals surface area contributed by atoms with Gasteiger partial charge >= 0.3 is 6.18 Å². The highest BCUT2D eigenvalue weighted by molar-refractivity contribution is 14.1. The minimum absolute atomic E-state index is 0.120. The van der Waals surface area contributed by atoms with Gasteiger partial charge in [-0.1, -0.05) is 53.8 Å². The number of fused-ring (bicyclic) bond motifs is 1. The Morgan fingerprint density at radius 1 is 1.15 bits per heavy atom. The fraction of sp³-hybridized carbons (Fsp3) is 0.310. The number of halogens is 4. The van der Waals surface area contributed by atoms with E-state index >= 15 is 0 Å². The molecule has 0 saturated carbocycles. The first-order valence-corrected chi connectivity index (χ1v) is 14.3. The molecular formula is C29H28F3IN4O2. The number of aromatic nitrogens is 1. The minimum atomic E-state index is -4.49. The zero-order chi connectivity index (χ0) is 27.9. The number of carbonyl (C=O) groups is 2. The van der Waals surface area contributed by atoms with Crippen molar-refractivity contribution in [2.75, 3.05) is 18.4 Å². The Morgan fingerprint density at radius 2 is 1.92 bits per heavy atom. The van der Waals surface area contributed by atoms with Crippen molar-refractivity contribution >= 4 is 51.7 Å². The summed E-state index contributed by atoms with van der Waals surface area (Å²) in [7, 11) is 0. The number of aromatic amines is 1. The summed E-state index contributed by atoms with van der Waals surface area (Å²) in [5, 5.41) is 6.33. The van der Waals surface area contributed by atoms with Gasteiger partial charge in [-0.3, -0.25) is 9.59 Å².